The van der Waals surface area contributed by atoms with Crippen molar-refractivity contribution in [2.45, 2.75) is 44.3 Å². The van der Waals surface area contributed by atoms with Crippen LogP contribution in [0, 0.1) is 11.8 Å². The normalized spacial score (nSPS) is 27.5. The summed E-state index contributed by atoms with van der Waals surface area (Å²) in [5.41, 5.74) is -0.958. The highest BCUT2D eigenvalue weighted by atomic mass is 16.5. The molecule has 2 aliphatic heterocycles. The van der Waals surface area contributed by atoms with Crippen LogP contribution in [0.5, 0.6) is 5.75 Å². The van der Waals surface area contributed by atoms with Crippen molar-refractivity contribution in [1.82, 2.24) is 10.2 Å². The lowest BCUT2D eigenvalue weighted by atomic mass is 9.76. The summed E-state index contributed by atoms with van der Waals surface area (Å²) in [5, 5.41) is 13.7. The highest BCUT2D eigenvalue weighted by Crippen LogP contribution is 2.52. The second-order valence-corrected chi connectivity index (χ2v) is 9.49. The summed E-state index contributed by atoms with van der Waals surface area (Å²) in [7, 11) is 1.53. The lowest BCUT2D eigenvalue weighted by Gasteiger charge is -2.35. The van der Waals surface area contributed by atoms with E-state index in [1.807, 2.05) is 48.5 Å². The van der Waals surface area contributed by atoms with Crippen LogP contribution in [-0.4, -0.2) is 46.0 Å². The first-order chi connectivity index (χ1) is 15.1. The number of fused-ring (bicyclic) bond motifs is 1. The maximum absolute atomic E-state index is 13.7. The number of methoxy groups -OCH3 is 1. The van der Waals surface area contributed by atoms with Gasteiger partial charge in [0, 0.05) is 23.6 Å². The summed E-state index contributed by atoms with van der Waals surface area (Å²) in [6.45, 7) is 5.36. The Balaban J connectivity index is 1.91. The fraction of sp³-hybridized carbons (Fsp3) is 0.400. The van der Waals surface area contributed by atoms with Crippen LogP contribution >= 0.6 is 0 Å². The molecule has 0 aliphatic carbocycles. The smallest absolute Gasteiger partial charge is 0.325 e. The van der Waals surface area contributed by atoms with Gasteiger partial charge in [-0.3, -0.25) is 24.6 Å². The van der Waals surface area contributed by atoms with E-state index in [-0.39, 0.29) is 12.3 Å². The molecule has 2 saturated heterocycles. The standard InChI is InChI=1S/C25H28N2O5/c1-24(2,3)27-21(28)18-19(22(27)29)25(23(30)31,14-15-10-6-5-7-11-15)26-20(18)16-12-8-9-13-17(16)32-4/h5-13,18-20,26H,14H2,1-4H3,(H,30,31). The molecule has 0 aromatic heterocycles. The summed E-state index contributed by atoms with van der Waals surface area (Å²) in [6, 6.07) is 15.7. The molecule has 0 radical (unpaired) electrons. The zero-order chi connectivity index (χ0) is 23.3. The van der Waals surface area contributed by atoms with E-state index < -0.39 is 40.8 Å². The van der Waals surface area contributed by atoms with Gasteiger partial charge in [-0.15, -0.1) is 0 Å². The molecule has 2 aliphatic rings. The number of para-hydroxylation sites is 1. The Morgan fingerprint density at radius 1 is 1.06 bits per heavy atom. The molecule has 2 heterocycles. The highest BCUT2D eigenvalue weighted by molar-refractivity contribution is 6.10. The number of hydrogen-bond donors (Lipinski definition) is 2. The molecule has 32 heavy (non-hydrogen) atoms. The number of likely N-dealkylation sites (tertiary alicyclic amines) is 1. The molecule has 4 rings (SSSR count). The number of nitrogens with one attached hydrogen (secondary N) is 1. The Bertz CT molecular complexity index is 1060. The third-order valence-electron chi connectivity index (χ3n) is 6.51. The molecule has 0 saturated carbocycles. The number of rotatable bonds is 5. The van der Waals surface area contributed by atoms with E-state index >= 15 is 0 Å². The molecule has 4 unspecified atom stereocenters. The predicted octanol–water partition coefficient (Wildman–Crippen LogP) is 2.81. The molecule has 2 aromatic rings. The van der Waals surface area contributed by atoms with Crippen LogP contribution < -0.4 is 10.1 Å². The van der Waals surface area contributed by atoms with E-state index in [1.165, 1.54) is 12.0 Å². The van der Waals surface area contributed by atoms with Gasteiger partial charge in [0.15, 0.2) is 0 Å². The van der Waals surface area contributed by atoms with Crippen molar-refractivity contribution in [3.63, 3.8) is 0 Å². The third-order valence-corrected chi connectivity index (χ3v) is 6.51. The third kappa shape index (κ3) is 3.28. The molecule has 2 N–H and O–H groups in total. The van der Waals surface area contributed by atoms with Crippen molar-refractivity contribution in [3.05, 3.63) is 65.7 Å². The summed E-state index contributed by atoms with van der Waals surface area (Å²) < 4.78 is 5.51. The minimum absolute atomic E-state index is 0.0764. The van der Waals surface area contributed by atoms with Gasteiger partial charge in [0.2, 0.25) is 11.8 Å². The minimum atomic E-state index is -1.63. The van der Waals surface area contributed by atoms with Crippen molar-refractivity contribution in [1.29, 1.82) is 0 Å². The van der Waals surface area contributed by atoms with Gasteiger partial charge < -0.3 is 9.84 Å². The largest absolute Gasteiger partial charge is 0.496 e. The van der Waals surface area contributed by atoms with Gasteiger partial charge in [-0.25, -0.2) is 0 Å². The van der Waals surface area contributed by atoms with E-state index in [2.05, 4.69) is 5.32 Å². The average molecular weight is 437 g/mol. The maximum atomic E-state index is 13.7. The van der Waals surface area contributed by atoms with Gasteiger partial charge in [-0.1, -0.05) is 48.5 Å². The molecule has 168 valence electrons. The molecular weight excluding hydrogens is 408 g/mol. The molecule has 4 atom stereocenters. The van der Waals surface area contributed by atoms with Crippen molar-refractivity contribution in [2.75, 3.05) is 7.11 Å². The first-order valence-electron chi connectivity index (χ1n) is 10.7. The summed E-state index contributed by atoms with van der Waals surface area (Å²) in [6.07, 6.45) is 0.0764. The lowest BCUT2D eigenvalue weighted by molar-refractivity contribution is -0.153. The van der Waals surface area contributed by atoms with Crippen LogP contribution in [0.25, 0.3) is 0 Å². The Kier molecular flexibility index (Phi) is 5.33. The Labute approximate surface area is 187 Å². The predicted molar refractivity (Wildman–Crippen MR) is 118 cm³/mol. The second kappa shape index (κ2) is 7.74. The number of hydrogen-bond acceptors (Lipinski definition) is 5. The van der Waals surface area contributed by atoms with E-state index in [9.17, 15) is 19.5 Å². The van der Waals surface area contributed by atoms with Crippen molar-refractivity contribution in [3.8, 4) is 5.75 Å². The molecule has 7 heteroatoms. The van der Waals surface area contributed by atoms with Crippen LogP contribution in [0.2, 0.25) is 0 Å². The molecular formula is C25H28N2O5. The van der Waals surface area contributed by atoms with Crippen molar-refractivity contribution in [2.24, 2.45) is 11.8 Å². The van der Waals surface area contributed by atoms with E-state index in [0.717, 1.165) is 5.56 Å². The summed E-state index contributed by atoms with van der Waals surface area (Å²) in [4.78, 5) is 41.4. The number of carbonyl (C=O) groups excluding carboxylic acids is 2. The topological polar surface area (TPSA) is 95.9 Å². The number of aliphatic carboxylic acids is 1. The minimum Gasteiger partial charge on any atom is -0.496 e. The Morgan fingerprint density at radius 3 is 2.28 bits per heavy atom. The number of carboxylic acids is 1. The first-order valence-corrected chi connectivity index (χ1v) is 10.7. The van der Waals surface area contributed by atoms with Crippen LogP contribution in [-0.2, 0) is 20.8 Å². The maximum Gasteiger partial charge on any atom is 0.325 e. The molecule has 0 spiro atoms. The number of carbonyl (C=O) groups is 3. The van der Waals surface area contributed by atoms with Crippen LogP contribution in [0.1, 0.15) is 37.9 Å². The van der Waals surface area contributed by atoms with Crippen LogP contribution in [0.4, 0.5) is 0 Å². The molecule has 2 amide bonds. The number of imide groups is 1. The number of carboxylic acid groups (broad SMARTS) is 1. The zero-order valence-electron chi connectivity index (χ0n) is 18.7. The summed E-state index contributed by atoms with van der Waals surface area (Å²) >= 11 is 0. The van der Waals surface area contributed by atoms with Crippen molar-refractivity contribution >= 4 is 17.8 Å². The van der Waals surface area contributed by atoms with Gasteiger partial charge in [-0.05, 0) is 32.4 Å². The molecule has 7 nitrogen and oxygen atoms in total. The lowest BCUT2D eigenvalue weighted by Crippen LogP contribution is -2.58. The van der Waals surface area contributed by atoms with E-state index in [4.69, 9.17) is 4.74 Å². The quantitative estimate of drug-likeness (QED) is 0.700. The second-order valence-electron chi connectivity index (χ2n) is 9.49. The molecule has 0 bridgehead atoms. The molecule has 2 fully saturated rings. The fourth-order valence-corrected chi connectivity index (χ4v) is 5.21. The number of ether oxygens (including phenoxy) is 1. The first kappa shape index (κ1) is 22.0. The van der Waals surface area contributed by atoms with Gasteiger partial charge in [0.05, 0.1) is 18.9 Å². The monoisotopic (exact) mass is 436 g/mol. The van der Waals surface area contributed by atoms with Gasteiger partial charge in [-0.2, -0.15) is 0 Å². The Morgan fingerprint density at radius 2 is 1.69 bits per heavy atom. The fourth-order valence-electron chi connectivity index (χ4n) is 5.21. The Hall–Kier alpha value is -3.19. The van der Waals surface area contributed by atoms with Crippen LogP contribution in [0.15, 0.2) is 54.6 Å². The van der Waals surface area contributed by atoms with Crippen molar-refractivity contribution < 1.29 is 24.2 Å². The van der Waals surface area contributed by atoms with Gasteiger partial charge in [0.25, 0.3) is 0 Å². The van der Waals surface area contributed by atoms with Gasteiger partial charge in [0.1, 0.15) is 11.3 Å². The van der Waals surface area contributed by atoms with E-state index in [0.29, 0.717) is 11.3 Å². The van der Waals surface area contributed by atoms with E-state index in [1.54, 1.807) is 26.8 Å². The highest BCUT2D eigenvalue weighted by Gasteiger charge is 2.69. The summed E-state index contributed by atoms with van der Waals surface area (Å²) in [5.74, 6) is -3.30. The number of nitrogens with zero attached hydrogens (tertiary/aromatic N) is 1. The van der Waals surface area contributed by atoms with Crippen LogP contribution in [0.3, 0.4) is 0 Å². The molecule has 2 aromatic carbocycles. The number of benzene rings is 2. The zero-order valence-corrected chi connectivity index (χ0v) is 18.7. The number of amides is 2. The SMILES string of the molecule is COc1ccccc1C1NC(Cc2ccccc2)(C(=O)O)C2C(=O)N(C(C)(C)C)C(=O)C12. The van der Waals surface area contributed by atoms with Gasteiger partial charge >= 0.3 is 5.97 Å². The average Bonchev–Trinajstić information content (AvgIpc) is 3.23.